The number of ether oxygens (including phenoxy) is 1. The van der Waals surface area contributed by atoms with Crippen molar-refractivity contribution < 1.29 is 26.3 Å². The van der Waals surface area contributed by atoms with Crippen molar-refractivity contribution in [1.29, 1.82) is 5.41 Å². The molecule has 0 aliphatic carbocycles. The topological polar surface area (TPSA) is 109 Å². The molecule has 182 valence electrons. The number of anilines is 1. The predicted molar refractivity (Wildman–Crippen MR) is 123 cm³/mol. The van der Waals surface area contributed by atoms with Gasteiger partial charge in [-0.15, -0.1) is 12.4 Å². The highest BCUT2D eigenvalue weighted by atomic mass is 35.5. The van der Waals surface area contributed by atoms with Gasteiger partial charge in [0.2, 0.25) is 0 Å². The zero-order chi connectivity index (χ0) is 23.5. The van der Waals surface area contributed by atoms with Crippen molar-refractivity contribution in [2.75, 3.05) is 24.4 Å². The molecule has 0 atom stereocenters. The van der Waals surface area contributed by atoms with Gasteiger partial charge in [0.05, 0.1) is 22.9 Å². The van der Waals surface area contributed by atoms with Crippen molar-refractivity contribution in [3.63, 3.8) is 0 Å². The van der Waals surface area contributed by atoms with Crippen molar-refractivity contribution >= 4 is 45.7 Å². The van der Waals surface area contributed by atoms with E-state index in [0.29, 0.717) is 32.0 Å². The number of nitrogens with zero attached hydrogens (tertiary/aromatic N) is 1. The molecule has 1 heterocycles. The number of guanidine groups is 1. The highest BCUT2D eigenvalue weighted by Gasteiger charge is 2.32. The molecule has 0 radical (unpaired) electrons. The molecular weight excluding hydrogens is 504 g/mol. The molecule has 0 amide bonds. The van der Waals surface area contributed by atoms with Crippen molar-refractivity contribution in [3.8, 4) is 5.75 Å². The Balaban J connectivity index is 0.00000385. The maximum atomic E-state index is 13.4. The summed E-state index contributed by atoms with van der Waals surface area (Å²) in [7, 11) is -4.22. The van der Waals surface area contributed by atoms with Crippen LogP contribution in [0.25, 0.3) is 0 Å². The van der Waals surface area contributed by atoms with E-state index in [1.165, 1.54) is 24.3 Å². The number of sulfonamides is 1. The van der Waals surface area contributed by atoms with Gasteiger partial charge in [0.15, 0.2) is 5.96 Å². The number of halogens is 5. The summed E-state index contributed by atoms with van der Waals surface area (Å²) >= 11 is 5.93. The lowest BCUT2D eigenvalue weighted by molar-refractivity contribution is -0.137. The average molecular weight is 527 g/mol. The Morgan fingerprint density at radius 2 is 1.85 bits per heavy atom. The number of hydrogen-bond donors (Lipinski definition) is 3. The number of hydrogen-bond acceptors (Lipinski definition) is 4. The van der Waals surface area contributed by atoms with E-state index in [1.807, 2.05) is 0 Å². The Morgan fingerprint density at radius 3 is 2.42 bits per heavy atom. The molecule has 1 saturated heterocycles. The van der Waals surface area contributed by atoms with Crippen LogP contribution in [0.15, 0.2) is 47.4 Å². The first-order chi connectivity index (χ1) is 15.0. The van der Waals surface area contributed by atoms with Crippen molar-refractivity contribution in [1.82, 2.24) is 4.90 Å². The van der Waals surface area contributed by atoms with E-state index in [0.717, 1.165) is 6.07 Å². The summed E-state index contributed by atoms with van der Waals surface area (Å²) in [5.41, 5.74) is 4.13. The smallest absolute Gasteiger partial charge is 0.416 e. The second-order valence-corrected chi connectivity index (χ2v) is 9.46. The third kappa shape index (κ3) is 7.05. The number of likely N-dealkylation sites (tertiary alicyclic amines) is 1. The van der Waals surface area contributed by atoms with Gasteiger partial charge in [-0.25, -0.2) is 8.42 Å². The Hall–Kier alpha value is -2.37. The summed E-state index contributed by atoms with van der Waals surface area (Å²) in [4.78, 5) is 1.46. The summed E-state index contributed by atoms with van der Waals surface area (Å²) in [6, 6.07) is 8.35. The molecule has 33 heavy (non-hydrogen) atoms. The van der Waals surface area contributed by atoms with E-state index >= 15 is 0 Å². The highest BCUT2D eigenvalue weighted by molar-refractivity contribution is 7.92. The van der Waals surface area contributed by atoms with Gasteiger partial charge in [0.25, 0.3) is 10.0 Å². The summed E-state index contributed by atoms with van der Waals surface area (Å²) in [6.07, 6.45) is -3.36. The standard InChI is InChI=1S/C20H22ClF3N4O3S.ClH/c21-17-3-1-2-4-18(17)32(29,30)27-15-9-14(20(22,23)24)10-16(11-15)31-12-13-5-7-28(8-6-13)19(25)26;/h1-4,9-11,13,27H,5-8,12H2,(H3,25,26);1H. The zero-order valence-electron chi connectivity index (χ0n) is 17.2. The number of alkyl halides is 3. The summed E-state index contributed by atoms with van der Waals surface area (Å²) in [5, 5.41) is 7.39. The van der Waals surface area contributed by atoms with E-state index in [2.05, 4.69) is 4.72 Å². The molecule has 0 aromatic heterocycles. The Kier molecular flexibility index (Phi) is 8.72. The van der Waals surface area contributed by atoms with Crippen LogP contribution >= 0.6 is 24.0 Å². The third-order valence-corrected chi connectivity index (χ3v) is 6.93. The summed E-state index contributed by atoms with van der Waals surface area (Å²) in [5.74, 6) is -0.0493. The van der Waals surface area contributed by atoms with Crippen LogP contribution in [-0.2, 0) is 16.2 Å². The lowest BCUT2D eigenvalue weighted by Crippen LogP contribution is -2.43. The molecule has 3 rings (SSSR count). The molecule has 0 unspecified atom stereocenters. The molecule has 2 aromatic rings. The van der Waals surface area contributed by atoms with Crippen LogP contribution in [0.5, 0.6) is 5.75 Å². The van der Waals surface area contributed by atoms with E-state index < -0.39 is 21.8 Å². The minimum atomic E-state index is -4.70. The van der Waals surface area contributed by atoms with Gasteiger partial charge >= 0.3 is 6.18 Å². The second kappa shape index (κ2) is 10.7. The third-order valence-electron chi connectivity index (χ3n) is 5.05. The largest absolute Gasteiger partial charge is 0.493 e. The fourth-order valence-electron chi connectivity index (χ4n) is 3.33. The van der Waals surface area contributed by atoms with Crippen LogP contribution in [0.4, 0.5) is 18.9 Å². The number of rotatable bonds is 6. The van der Waals surface area contributed by atoms with Crippen molar-refractivity contribution in [3.05, 3.63) is 53.1 Å². The van der Waals surface area contributed by atoms with E-state index in [4.69, 9.17) is 27.5 Å². The Morgan fingerprint density at radius 1 is 1.21 bits per heavy atom. The highest BCUT2D eigenvalue weighted by Crippen LogP contribution is 2.35. The average Bonchev–Trinajstić information content (AvgIpc) is 2.71. The maximum Gasteiger partial charge on any atom is 0.416 e. The van der Waals surface area contributed by atoms with E-state index in [9.17, 15) is 21.6 Å². The summed E-state index contributed by atoms with van der Waals surface area (Å²) in [6.45, 7) is 1.29. The number of piperidine rings is 1. The molecule has 0 bridgehead atoms. The molecule has 0 saturated carbocycles. The second-order valence-electron chi connectivity index (χ2n) is 7.41. The fourth-order valence-corrected chi connectivity index (χ4v) is 4.89. The van der Waals surface area contributed by atoms with Crippen LogP contribution in [0, 0.1) is 11.3 Å². The van der Waals surface area contributed by atoms with Gasteiger partial charge in [-0.3, -0.25) is 10.1 Å². The van der Waals surface area contributed by atoms with Crippen LogP contribution < -0.4 is 15.2 Å². The van der Waals surface area contributed by atoms with Gasteiger partial charge in [-0.2, -0.15) is 13.2 Å². The van der Waals surface area contributed by atoms with E-state index in [1.54, 1.807) is 11.0 Å². The van der Waals surface area contributed by atoms with Gasteiger partial charge < -0.3 is 15.4 Å². The Labute approximate surface area is 201 Å². The lowest BCUT2D eigenvalue weighted by atomic mass is 9.98. The summed E-state index contributed by atoms with van der Waals surface area (Å²) < 4.78 is 73.2. The molecule has 0 spiro atoms. The first kappa shape index (κ1) is 26.9. The molecule has 2 aromatic carbocycles. The fraction of sp³-hybridized carbons (Fsp3) is 0.350. The van der Waals surface area contributed by atoms with Gasteiger partial charge in [-0.05, 0) is 43.0 Å². The van der Waals surface area contributed by atoms with Crippen molar-refractivity contribution in [2.45, 2.75) is 23.9 Å². The van der Waals surface area contributed by atoms with Crippen LogP contribution in [0.1, 0.15) is 18.4 Å². The zero-order valence-corrected chi connectivity index (χ0v) is 19.6. The quantitative estimate of drug-likeness (QED) is 0.377. The molecule has 7 nitrogen and oxygen atoms in total. The van der Waals surface area contributed by atoms with E-state index in [-0.39, 0.29) is 52.2 Å². The molecule has 1 fully saturated rings. The maximum absolute atomic E-state index is 13.4. The minimum Gasteiger partial charge on any atom is -0.493 e. The molecule has 13 heteroatoms. The minimum absolute atomic E-state index is 0. The normalized spacial score (nSPS) is 15.0. The van der Waals surface area contributed by atoms with Gasteiger partial charge in [0.1, 0.15) is 10.6 Å². The first-order valence-corrected chi connectivity index (χ1v) is 11.5. The molecular formula is C20H23Cl2F3N4O3S. The number of nitrogens with one attached hydrogen (secondary N) is 2. The predicted octanol–water partition coefficient (Wildman–Crippen LogP) is 4.57. The van der Waals surface area contributed by atoms with Crippen molar-refractivity contribution in [2.24, 2.45) is 11.7 Å². The monoisotopic (exact) mass is 526 g/mol. The van der Waals surface area contributed by atoms with Crippen LogP contribution in [-0.4, -0.2) is 39.0 Å². The number of benzene rings is 2. The Bertz CT molecular complexity index is 1090. The van der Waals surface area contributed by atoms with Crippen LogP contribution in [0.2, 0.25) is 5.02 Å². The lowest BCUT2D eigenvalue weighted by Gasteiger charge is -2.32. The van der Waals surface area contributed by atoms with Crippen LogP contribution in [0.3, 0.4) is 0 Å². The van der Waals surface area contributed by atoms with Gasteiger partial charge in [-0.1, -0.05) is 23.7 Å². The number of nitrogens with two attached hydrogens (primary N) is 1. The molecule has 1 aliphatic heterocycles. The SMILES string of the molecule is Cl.N=C(N)N1CCC(COc2cc(NS(=O)(=O)c3ccccc3Cl)cc(C(F)(F)F)c2)CC1. The first-order valence-electron chi connectivity index (χ1n) is 9.67. The molecule has 1 aliphatic rings. The molecule has 4 N–H and O–H groups in total. The van der Waals surface area contributed by atoms with Gasteiger partial charge in [0, 0.05) is 19.2 Å².